The average molecular weight is 227 g/mol. The standard InChI is InChI=1S/C11H21N3O2/c1-4-9(5-2)11(15)7-12-6-10-8(3)13-16-14-10/h9,11-12,15H,4-7H2,1-3H3. The third kappa shape index (κ3) is 3.57. The molecular weight excluding hydrogens is 206 g/mol. The molecule has 5 nitrogen and oxygen atoms in total. The summed E-state index contributed by atoms with van der Waals surface area (Å²) >= 11 is 0. The highest BCUT2D eigenvalue weighted by atomic mass is 16.6. The Bertz CT molecular complexity index is 297. The summed E-state index contributed by atoms with van der Waals surface area (Å²) in [6.07, 6.45) is 1.71. The molecular formula is C11H21N3O2. The highest BCUT2D eigenvalue weighted by molar-refractivity contribution is 5.03. The number of aliphatic hydroxyl groups is 1. The quantitative estimate of drug-likeness (QED) is 0.734. The summed E-state index contributed by atoms with van der Waals surface area (Å²) in [5.41, 5.74) is 1.60. The van der Waals surface area contributed by atoms with Crippen LogP contribution in [-0.4, -0.2) is 28.1 Å². The minimum absolute atomic E-state index is 0.296. The number of hydrogen-bond acceptors (Lipinski definition) is 5. The van der Waals surface area contributed by atoms with Gasteiger partial charge in [-0.3, -0.25) is 0 Å². The number of aryl methyl sites for hydroxylation is 1. The lowest BCUT2D eigenvalue weighted by Gasteiger charge is -2.20. The van der Waals surface area contributed by atoms with Gasteiger partial charge in [0.15, 0.2) is 0 Å². The number of rotatable bonds is 7. The van der Waals surface area contributed by atoms with Crippen LogP contribution in [0.25, 0.3) is 0 Å². The Morgan fingerprint density at radius 3 is 2.50 bits per heavy atom. The molecule has 0 amide bonds. The summed E-state index contributed by atoms with van der Waals surface area (Å²) in [7, 11) is 0. The molecule has 0 fully saturated rings. The fourth-order valence-corrected chi connectivity index (χ4v) is 1.75. The molecule has 16 heavy (non-hydrogen) atoms. The van der Waals surface area contributed by atoms with Crippen molar-refractivity contribution in [3.63, 3.8) is 0 Å². The fraction of sp³-hybridized carbons (Fsp3) is 0.818. The first-order chi connectivity index (χ1) is 7.69. The molecule has 0 aliphatic carbocycles. The van der Waals surface area contributed by atoms with Gasteiger partial charge in [-0.05, 0) is 12.8 Å². The lowest BCUT2D eigenvalue weighted by atomic mass is 9.96. The lowest BCUT2D eigenvalue weighted by molar-refractivity contribution is 0.101. The number of aliphatic hydroxyl groups excluding tert-OH is 1. The normalized spacial score (nSPS) is 13.3. The smallest absolute Gasteiger partial charge is 0.121 e. The summed E-state index contributed by atoms with van der Waals surface area (Å²) in [5.74, 6) is 0.365. The fourth-order valence-electron chi connectivity index (χ4n) is 1.75. The number of hydrogen-bond donors (Lipinski definition) is 2. The Balaban J connectivity index is 2.27. The van der Waals surface area contributed by atoms with Gasteiger partial charge in [-0.25, -0.2) is 4.63 Å². The summed E-state index contributed by atoms with van der Waals surface area (Å²) < 4.78 is 4.59. The zero-order valence-corrected chi connectivity index (χ0v) is 10.2. The van der Waals surface area contributed by atoms with Gasteiger partial charge in [0.2, 0.25) is 0 Å². The van der Waals surface area contributed by atoms with Crippen LogP contribution in [0.1, 0.15) is 38.1 Å². The van der Waals surface area contributed by atoms with Gasteiger partial charge < -0.3 is 10.4 Å². The van der Waals surface area contributed by atoms with Gasteiger partial charge in [0.25, 0.3) is 0 Å². The Hall–Kier alpha value is -0.940. The zero-order chi connectivity index (χ0) is 12.0. The first kappa shape index (κ1) is 13.1. The van der Waals surface area contributed by atoms with Crippen molar-refractivity contribution in [2.75, 3.05) is 6.54 Å². The molecule has 92 valence electrons. The van der Waals surface area contributed by atoms with Gasteiger partial charge >= 0.3 is 0 Å². The Labute approximate surface area is 96.2 Å². The Kier molecular flexibility index (Phi) is 5.42. The zero-order valence-electron chi connectivity index (χ0n) is 10.2. The largest absolute Gasteiger partial charge is 0.392 e. The molecule has 1 rings (SSSR count). The van der Waals surface area contributed by atoms with Crippen molar-refractivity contribution >= 4 is 0 Å². The van der Waals surface area contributed by atoms with Crippen molar-refractivity contribution in [3.05, 3.63) is 11.4 Å². The van der Waals surface area contributed by atoms with Gasteiger partial charge in [-0.1, -0.05) is 37.0 Å². The van der Waals surface area contributed by atoms with Gasteiger partial charge in [-0.2, -0.15) is 0 Å². The van der Waals surface area contributed by atoms with Gasteiger partial charge in [0, 0.05) is 13.1 Å². The number of aromatic nitrogens is 2. The molecule has 0 saturated carbocycles. The van der Waals surface area contributed by atoms with E-state index >= 15 is 0 Å². The second-order valence-corrected chi connectivity index (χ2v) is 4.07. The lowest BCUT2D eigenvalue weighted by Crippen LogP contribution is -2.32. The van der Waals surface area contributed by atoms with E-state index in [-0.39, 0.29) is 6.10 Å². The van der Waals surface area contributed by atoms with Crippen LogP contribution in [-0.2, 0) is 6.54 Å². The van der Waals surface area contributed by atoms with Crippen LogP contribution in [0.3, 0.4) is 0 Å². The molecule has 0 aliphatic rings. The highest BCUT2D eigenvalue weighted by Crippen LogP contribution is 2.12. The van der Waals surface area contributed by atoms with Gasteiger partial charge in [0.1, 0.15) is 11.4 Å². The van der Waals surface area contributed by atoms with Crippen LogP contribution in [0.15, 0.2) is 4.63 Å². The summed E-state index contributed by atoms with van der Waals surface area (Å²) in [6, 6.07) is 0. The van der Waals surface area contributed by atoms with Crippen LogP contribution in [0.4, 0.5) is 0 Å². The van der Waals surface area contributed by atoms with E-state index in [1.54, 1.807) is 0 Å². The minimum atomic E-state index is -0.296. The SMILES string of the molecule is CCC(CC)C(O)CNCc1nonc1C. The van der Waals surface area contributed by atoms with E-state index < -0.39 is 0 Å². The van der Waals surface area contributed by atoms with Crippen molar-refractivity contribution in [2.45, 2.75) is 46.3 Å². The second-order valence-electron chi connectivity index (χ2n) is 4.07. The number of nitrogens with one attached hydrogen (secondary N) is 1. The van der Waals surface area contributed by atoms with E-state index in [4.69, 9.17) is 0 Å². The first-order valence-electron chi connectivity index (χ1n) is 5.85. The maximum absolute atomic E-state index is 9.88. The predicted molar refractivity (Wildman–Crippen MR) is 60.8 cm³/mol. The third-order valence-electron chi connectivity index (χ3n) is 2.99. The molecule has 0 saturated heterocycles. The average Bonchev–Trinajstić information content (AvgIpc) is 2.66. The van der Waals surface area contributed by atoms with Crippen LogP contribution in [0.2, 0.25) is 0 Å². The van der Waals surface area contributed by atoms with Crippen molar-refractivity contribution in [2.24, 2.45) is 5.92 Å². The van der Waals surface area contributed by atoms with Crippen molar-refractivity contribution in [1.82, 2.24) is 15.6 Å². The molecule has 1 aromatic heterocycles. The number of nitrogens with zero attached hydrogens (tertiary/aromatic N) is 2. The van der Waals surface area contributed by atoms with E-state index in [0.717, 1.165) is 24.2 Å². The summed E-state index contributed by atoms with van der Waals surface area (Å²) in [6.45, 7) is 7.22. The van der Waals surface area contributed by atoms with Crippen LogP contribution in [0, 0.1) is 12.8 Å². The molecule has 5 heteroatoms. The molecule has 0 bridgehead atoms. The van der Waals surface area contributed by atoms with E-state index in [0.29, 0.717) is 19.0 Å². The Morgan fingerprint density at radius 1 is 1.31 bits per heavy atom. The highest BCUT2D eigenvalue weighted by Gasteiger charge is 2.15. The second kappa shape index (κ2) is 6.60. The van der Waals surface area contributed by atoms with E-state index in [9.17, 15) is 5.11 Å². The topological polar surface area (TPSA) is 71.2 Å². The first-order valence-corrected chi connectivity index (χ1v) is 5.85. The summed E-state index contributed by atoms with van der Waals surface area (Å²) in [5, 5.41) is 20.5. The minimum Gasteiger partial charge on any atom is -0.392 e. The van der Waals surface area contributed by atoms with E-state index in [1.807, 2.05) is 6.92 Å². The predicted octanol–water partition coefficient (Wildman–Crippen LogP) is 1.26. The molecule has 1 unspecified atom stereocenters. The van der Waals surface area contributed by atoms with E-state index in [1.165, 1.54) is 0 Å². The van der Waals surface area contributed by atoms with Crippen molar-refractivity contribution in [3.8, 4) is 0 Å². The maximum atomic E-state index is 9.88. The Morgan fingerprint density at radius 2 is 2.00 bits per heavy atom. The molecule has 0 spiro atoms. The molecule has 1 aromatic rings. The molecule has 2 N–H and O–H groups in total. The molecule has 0 aromatic carbocycles. The van der Waals surface area contributed by atoms with Crippen LogP contribution in [0.5, 0.6) is 0 Å². The van der Waals surface area contributed by atoms with E-state index in [2.05, 4.69) is 34.1 Å². The molecule has 0 aliphatic heterocycles. The summed E-state index contributed by atoms with van der Waals surface area (Å²) in [4.78, 5) is 0. The van der Waals surface area contributed by atoms with Crippen LogP contribution < -0.4 is 5.32 Å². The monoisotopic (exact) mass is 227 g/mol. The third-order valence-corrected chi connectivity index (χ3v) is 2.99. The van der Waals surface area contributed by atoms with Crippen LogP contribution >= 0.6 is 0 Å². The molecule has 0 radical (unpaired) electrons. The molecule has 1 atom stereocenters. The van der Waals surface area contributed by atoms with Gasteiger partial charge in [-0.15, -0.1) is 0 Å². The molecule has 1 heterocycles. The van der Waals surface area contributed by atoms with Gasteiger partial charge in [0.05, 0.1) is 6.10 Å². The van der Waals surface area contributed by atoms with Crippen molar-refractivity contribution in [1.29, 1.82) is 0 Å². The maximum Gasteiger partial charge on any atom is 0.121 e. The van der Waals surface area contributed by atoms with Crippen molar-refractivity contribution < 1.29 is 9.74 Å².